The second-order valence-electron chi connectivity index (χ2n) is 5.83. The third-order valence-electron chi connectivity index (χ3n) is 4.33. The van der Waals surface area contributed by atoms with Gasteiger partial charge in [0.1, 0.15) is 0 Å². The minimum atomic E-state index is -0.193. The van der Waals surface area contributed by atoms with Crippen LogP contribution in [0.15, 0.2) is 66.7 Å². The molecule has 0 aliphatic heterocycles. The van der Waals surface area contributed by atoms with Gasteiger partial charge in [0.2, 0.25) is 0 Å². The van der Waals surface area contributed by atoms with Gasteiger partial charge in [0.25, 0.3) is 0 Å². The second kappa shape index (κ2) is 6.73. The van der Waals surface area contributed by atoms with Crippen molar-refractivity contribution in [2.24, 2.45) is 5.92 Å². The Balaban J connectivity index is 2.00. The summed E-state index contributed by atoms with van der Waals surface area (Å²) < 4.78 is 0. The van der Waals surface area contributed by atoms with Gasteiger partial charge < -0.3 is 5.11 Å². The molecule has 2 aromatic carbocycles. The van der Waals surface area contributed by atoms with Crippen LogP contribution in [0.4, 0.5) is 0 Å². The van der Waals surface area contributed by atoms with E-state index >= 15 is 0 Å². The van der Waals surface area contributed by atoms with Crippen LogP contribution in [0.3, 0.4) is 0 Å². The maximum atomic E-state index is 10.3. The first-order chi connectivity index (χ1) is 10.3. The highest BCUT2D eigenvalue weighted by Gasteiger charge is 2.22. The van der Waals surface area contributed by atoms with Gasteiger partial charge in [-0.1, -0.05) is 79.6 Å². The topological polar surface area (TPSA) is 20.2 Å². The standard InChI is InChI=1S/C20H22O/c21-20-14-8-7-13-18(20)15-19(16-9-3-1-4-10-16)17-11-5-2-6-12-17/h1-6,9-12,15,18,20-21H,7-8,13-14H2/t18-,20+/m0/s1. The molecule has 1 N–H and O–H groups in total. The molecule has 2 aromatic rings. The summed E-state index contributed by atoms with van der Waals surface area (Å²) in [5.74, 6) is 0.272. The van der Waals surface area contributed by atoms with Crippen LogP contribution in [-0.2, 0) is 0 Å². The Bertz CT molecular complexity index is 544. The van der Waals surface area contributed by atoms with E-state index in [1.807, 2.05) is 12.1 Å². The molecular formula is C20H22O. The fraction of sp³-hybridized carbons (Fsp3) is 0.300. The molecular weight excluding hydrogens is 256 g/mol. The first-order valence-electron chi connectivity index (χ1n) is 7.85. The van der Waals surface area contributed by atoms with E-state index in [2.05, 4.69) is 54.6 Å². The van der Waals surface area contributed by atoms with Gasteiger partial charge in [0, 0.05) is 5.92 Å². The molecule has 0 aromatic heterocycles. The molecule has 0 amide bonds. The number of hydrogen-bond donors (Lipinski definition) is 1. The fourth-order valence-electron chi connectivity index (χ4n) is 3.14. The predicted octanol–water partition coefficient (Wildman–Crippen LogP) is 4.67. The van der Waals surface area contributed by atoms with Crippen molar-refractivity contribution in [1.82, 2.24) is 0 Å². The number of rotatable bonds is 3. The van der Waals surface area contributed by atoms with E-state index in [0.29, 0.717) is 0 Å². The molecule has 0 heterocycles. The lowest BCUT2D eigenvalue weighted by molar-refractivity contribution is 0.0930. The van der Waals surface area contributed by atoms with Gasteiger partial charge >= 0.3 is 0 Å². The van der Waals surface area contributed by atoms with Crippen LogP contribution in [0.5, 0.6) is 0 Å². The van der Waals surface area contributed by atoms with E-state index in [-0.39, 0.29) is 12.0 Å². The van der Waals surface area contributed by atoms with Crippen molar-refractivity contribution in [1.29, 1.82) is 0 Å². The lowest BCUT2D eigenvalue weighted by Crippen LogP contribution is -2.22. The lowest BCUT2D eigenvalue weighted by atomic mass is 9.83. The van der Waals surface area contributed by atoms with E-state index in [0.717, 1.165) is 19.3 Å². The summed E-state index contributed by atoms with van der Waals surface area (Å²) in [7, 11) is 0. The molecule has 2 atom stereocenters. The Morgan fingerprint density at radius 2 is 1.33 bits per heavy atom. The Labute approximate surface area is 127 Å². The van der Waals surface area contributed by atoms with Gasteiger partial charge in [-0.25, -0.2) is 0 Å². The van der Waals surface area contributed by atoms with Crippen LogP contribution in [0, 0.1) is 5.92 Å². The number of hydrogen-bond acceptors (Lipinski definition) is 1. The number of aliphatic hydroxyl groups is 1. The second-order valence-corrected chi connectivity index (χ2v) is 5.83. The monoisotopic (exact) mass is 278 g/mol. The zero-order valence-electron chi connectivity index (χ0n) is 12.3. The molecule has 21 heavy (non-hydrogen) atoms. The first-order valence-corrected chi connectivity index (χ1v) is 7.85. The maximum absolute atomic E-state index is 10.3. The molecule has 1 heteroatoms. The van der Waals surface area contributed by atoms with Crippen LogP contribution < -0.4 is 0 Å². The largest absolute Gasteiger partial charge is 0.393 e. The molecule has 1 saturated carbocycles. The van der Waals surface area contributed by atoms with Gasteiger partial charge in [-0.2, -0.15) is 0 Å². The van der Waals surface area contributed by atoms with Crippen molar-refractivity contribution in [3.8, 4) is 0 Å². The molecule has 0 bridgehead atoms. The normalized spacial score (nSPS) is 21.8. The number of benzene rings is 2. The van der Waals surface area contributed by atoms with Gasteiger partial charge in [0.05, 0.1) is 6.10 Å². The summed E-state index contributed by atoms with van der Waals surface area (Å²) in [6.07, 6.45) is 6.48. The molecule has 1 aliphatic rings. The lowest BCUT2D eigenvalue weighted by Gasteiger charge is -2.26. The van der Waals surface area contributed by atoms with Crippen LogP contribution in [0.2, 0.25) is 0 Å². The molecule has 3 rings (SSSR count). The van der Waals surface area contributed by atoms with Crippen LogP contribution >= 0.6 is 0 Å². The molecule has 0 radical (unpaired) electrons. The average molecular weight is 278 g/mol. The van der Waals surface area contributed by atoms with Crippen molar-refractivity contribution in [3.05, 3.63) is 77.9 Å². The SMILES string of the molecule is O[C@@H]1CCCC[C@H]1C=C(c1ccccc1)c1ccccc1. The van der Waals surface area contributed by atoms with E-state index in [4.69, 9.17) is 0 Å². The Hall–Kier alpha value is -1.86. The van der Waals surface area contributed by atoms with Crippen LogP contribution in [0.1, 0.15) is 36.8 Å². The van der Waals surface area contributed by atoms with Crippen molar-refractivity contribution in [2.75, 3.05) is 0 Å². The maximum Gasteiger partial charge on any atom is 0.0603 e. The van der Waals surface area contributed by atoms with E-state index in [1.165, 1.54) is 23.1 Å². The van der Waals surface area contributed by atoms with Crippen LogP contribution in [-0.4, -0.2) is 11.2 Å². The van der Waals surface area contributed by atoms with Gasteiger partial charge in [-0.3, -0.25) is 0 Å². The van der Waals surface area contributed by atoms with Gasteiger partial charge in [-0.15, -0.1) is 0 Å². The Morgan fingerprint density at radius 3 is 1.86 bits per heavy atom. The summed E-state index contributed by atoms with van der Waals surface area (Å²) in [5, 5.41) is 10.3. The van der Waals surface area contributed by atoms with E-state index in [9.17, 15) is 5.11 Å². The fourth-order valence-corrected chi connectivity index (χ4v) is 3.14. The van der Waals surface area contributed by atoms with E-state index < -0.39 is 0 Å². The van der Waals surface area contributed by atoms with Crippen molar-refractivity contribution >= 4 is 5.57 Å². The molecule has 0 unspecified atom stereocenters. The predicted molar refractivity (Wildman–Crippen MR) is 87.9 cm³/mol. The minimum absolute atomic E-state index is 0.193. The van der Waals surface area contributed by atoms with Crippen molar-refractivity contribution < 1.29 is 5.11 Å². The third kappa shape index (κ3) is 3.43. The summed E-state index contributed by atoms with van der Waals surface area (Å²) in [4.78, 5) is 0. The highest BCUT2D eigenvalue weighted by molar-refractivity contribution is 5.79. The summed E-state index contributed by atoms with van der Waals surface area (Å²) >= 11 is 0. The van der Waals surface area contributed by atoms with E-state index in [1.54, 1.807) is 0 Å². The highest BCUT2D eigenvalue weighted by Crippen LogP contribution is 2.31. The van der Waals surface area contributed by atoms with Crippen molar-refractivity contribution in [3.63, 3.8) is 0 Å². The van der Waals surface area contributed by atoms with Gasteiger partial charge in [0.15, 0.2) is 0 Å². The zero-order chi connectivity index (χ0) is 14.5. The molecule has 108 valence electrons. The summed E-state index contributed by atoms with van der Waals surface area (Å²) in [6.45, 7) is 0. The molecule has 1 nitrogen and oxygen atoms in total. The average Bonchev–Trinajstić information content (AvgIpc) is 2.56. The molecule has 1 fully saturated rings. The number of aliphatic hydroxyl groups excluding tert-OH is 1. The summed E-state index contributed by atoms with van der Waals surface area (Å²) in [6, 6.07) is 21.0. The van der Waals surface area contributed by atoms with Crippen molar-refractivity contribution in [2.45, 2.75) is 31.8 Å². The molecule has 1 aliphatic carbocycles. The molecule has 0 saturated heterocycles. The first kappa shape index (κ1) is 14.1. The van der Waals surface area contributed by atoms with Crippen LogP contribution in [0.25, 0.3) is 5.57 Å². The Morgan fingerprint density at radius 1 is 0.810 bits per heavy atom. The van der Waals surface area contributed by atoms with Gasteiger partial charge in [-0.05, 0) is 29.5 Å². The molecule has 0 spiro atoms. The smallest absolute Gasteiger partial charge is 0.0603 e. The summed E-state index contributed by atoms with van der Waals surface area (Å²) in [5.41, 5.74) is 3.69. The highest BCUT2D eigenvalue weighted by atomic mass is 16.3. The Kier molecular flexibility index (Phi) is 4.52. The quantitative estimate of drug-likeness (QED) is 0.865. The zero-order valence-corrected chi connectivity index (χ0v) is 12.3. The third-order valence-corrected chi connectivity index (χ3v) is 4.33. The minimum Gasteiger partial charge on any atom is -0.393 e.